The molecule has 0 aromatic heterocycles. The van der Waals surface area contributed by atoms with Crippen molar-refractivity contribution < 1.29 is 33.5 Å². The Hall–Kier alpha value is -3.82. The van der Waals surface area contributed by atoms with E-state index in [2.05, 4.69) is 10.1 Å². The highest BCUT2D eigenvalue weighted by Crippen LogP contribution is 2.32. The van der Waals surface area contributed by atoms with Gasteiger partial charge in [-0.2, -0.15) is 0 Å². The molecule has 0 spiro atoms. The number of rotatable bonds is 7. The number of nitro groups is 1. The predicted molar refractivity (Wildman–Crippen MR) is 98.9 cm³/mol. The lowest BCUT2D eigenvalue weighted by Gasteiger charge is -2.15. The van der Waals surface area contributed by atoms with Gasteiger partial charge in [-0.3, -0.25) is 14.9 Å². The molecule has 3 rings (SSSR count). The molecule has 0 radical (unpaired) electrons. The molecule has 152 valence electrons. The van der Waals surface area contributed by atoms with Crippen LogP contribution in [-0.2, 0) is 16.1 Å². The summed E-state index contributed by atoms with van der Waals surface area (Å²) in [6.07, 6.45) is -1.01. The number of hydrogen-bond acceptors (Lipinski definition) is 8. The molecular weight excluding hydrogens is 384 g/mol. The average molecular weight is 402 g/mol. The molecule has 1 aliphatic rings. The van der Waals surface area contributed by atoms with Crippen LogP contribution in [0.3, 0.4) is 0 Å². The highest BCUT2D eigenvalue weighted by atomic mass is 16.7. The second kappa shape index (κ2) is 8.46. The average Bonchev–Trinajstić information content (AvgIpc) is 3.19. The van der Waals surface area contributed by atoms with Gasteiger partial charge in [0.25, 0.3) is 5.91 Å². The Morgan fingerprint density at radius 1 is 1.21 bits per heavy atom. The fraction of sp³-hybridized carbons (Fsp3) is 0.263. The zero-order valence-electron chi connectivity index (χ0n) is 15.7. The van der Waals surface area contributed by atoms with Gasteiger partial charge in [0.15, 0.2) is 23.4 Å². The van der Waals surface area contributed by atoms with Gasteiger partial charge in [0.1, 0.15) is 0 Å². The number of hydrogen-bond donors (Lipinski definition) is 1. The van der Waals surface area contributed by atoms with Crippen LogP contribution in [-0.4, -0.2) is 36.8 Å². The van der Waals surface area contributed by atoms with E-state index in [4.69, 9.17) is 14.2 Å². The number of methoxy groups -OCH3 is 1. The number of ether oxygens (including phenoxy) is 4. The Balaban J connectivity index is 1.64. The summed E-state index contributed by atoms with van der Waals surface area (Å²) in [7, 11) is 1.17. The van der Waals surface area contributed by atoms with Crippen molar-refractivity contribution in [2.75, 3.05) is 13.9 Å². The molecule has 1 heterocycles. The SMILES string of the molecule is COC(=O)c1ccc(O[C@H](C)C(=O)NCc2ccc3c(c2)OCO3)c([N+](=O)[O-])c1. The maximum Gasteiger partial charge on any atom is 0.338 e. The Bertz CT molecular complexity index is 959. The predicted octanol–water partition coefficient (Wildman–Crippen LogP) is 2.19. The molecule has 0 aliphatic carbocycles. The van der Waals surface area contributed by atoms with Gasteiger partial charge in [0.2, 0.25) is 6.79 Å². The molecule has 1 N–H and O–H groups in total. The number of benzene rings is 2. The third-order valence-electron chi connectivity index (χ3n) is 4.15. The number of fused-ring (bicyclic) bond motifs is 1. The van der Waals surface area contributed by atoms with Crippen LogP contribution in [0.5, 0.6) is 17.2 Å². The van der Waals surface area contributed by atoms with Crippen LogP contribution in [0.25, 0.3) is 0 Å². The van der Waals surface area contributed by atoms with Gasteiger partial charge in [-0.1, -0.05) is 6.07 Å². The summed E-state index contributed by atoms with van der Waals surface area (Å²) in [5, 5.41) is 14.0. The summed E-state index contributed by atoms with van der Waals surface area (Å²) in [6.45, 7) is 1.84. The lowest BCUT2D eigenvalue weighted by Crippen LogP contribution is -2.36. The molecule has 0 saturated heterocycles. The van der Waals surface area contributed by atoms with Crippen LogP contribution in [0.15, 0.2) is 36.4 Å². The molecule has 0 fully saturated rings. The van der Waals surface area contributed by atoms with Crippen LogP contribution in [0.4, 0.5) is 5.69 Å². The molecule has 0 bridgehead atoms. The summed E-state index contributed by atoms with van der Waals surface area (Å²) >= 11 is 0. The summed E-state index contributed by atoms with van der Waals surface area (Å²) in [5.74, 6) is -0.0709. The first kappa shape index (κ1) is 19.9. The second-order valence-electron chi connectivity index (χ2n) is 6.10. The maximum absolute atomic E-state index is 12.3. The van der Waals surface area contributed by atoms with Crippen molar-refractivity contribution >= 4 is 17.6 Å². The van der Waals surface area contributed by atoms with Crippen molar-refractivity contribution in [3.63, 3.8) is 0 Å². The number of nitro benzene ring substituents is 1. The van der Waals surface area contributed by atoms with Crippen molar-refractivity contribution in [3.05, 3.63) is 57.6 Å². The van der Waals surface area contributed by atoms with Crippen molar-refractivity contribution in [2.24, 2.45) is 0 Å². The van der Waals surface area contributed by atoms with E-state index in [9.17, 15) is 19.7 Å². The summed E-state index contributed by atoms with van der Waals surface area (Å²) in [4.78, 5) is 34.5. The minimum Gasteiger partial charge on any atom is -0.474 e. The fourth-order valence-corrected chi connectivity index (χ4v) is 2.63. The summed E-state index contributed by atoms with van der Waals surface area (Å²) in [6, 6.07) is 8.91. The van der Waals surface area contributed by atoms with Crippen LogP contribution in [0.2, 0.25) is 0 Å². The molecule has 2 aromatic rings. The van der Waals surface area contributed by atoms with Gasteiger partial charge < -0.3 is 24.3 Å². The third-order valence-corrected chi connectivity index (χ3v) is 4.15. The van der Waals surface area contributed by atoms with Crippen molar-refractivity contribution in [1.82, 2.24) is 5.32 Å². The summed E-state index contributed by atoms with van der Waals surface area (Å²) in [5.41, 5.74) is 0.359. The van der Waals surface area contributed by atoms with Crippen molar-refractivity contribution in [3.8, 4) is 17.2 Å². The molecule has 2 aromatic carbocycles. The van der Waals surface area contributed by atoms with E-state index < -0.39 is 28.6 Å². The van der Waals surface area contributed by atoms with Crippen molar-refractivity contribution in [2.45, 2.75) is 19.6 Å². The van der Waals surface area contributed by atoms with Crippen molar-refractivity contribution in [1.29, 1.82) is 0 Å². The number of carbonyl (C=O) groups is 2. The van der Waals surface area contributed by atoms with Gasteiger partial charge in [-0.05, 0) is 36.8 Å². The Morgan fingerprint density at radius 2 is 1.97 bits per heavy atom. The molecule has 10 nitrogen and oxygen atoms in total. The quantitative estimate of drug-likeness (QED) is 0.424. The normalized spacial score (nSPS) is 12.8. The Morgan fingerprint density at radius 3 is 2.69 bits per heavy atom. The van der Waals surface area contributed by atoms with E-state index in [0.717, 1.165) is 11.6 Å². The van der Waals surface area contributed by atoms with Gasteiger partial charge in [-0.25, -0.2) is 4.79 Å². The maximum atomic E-state index is 12.3. The lowest BCUT2D eigenvalue weighted by molar-refractivity contribution is -0.386. The minimum absolute atomic E-state index is 0.00598. The molecule has 1 amide bonds. The first-order chi connectivity index (χ1) is 13.9. The van der Waals surface area contributed by atoms with Gasteiger partial charge in [0, 0.05) is 12.6 Å². The van der Waals surface area contributed by atoms with Gasteiger partial charge in [-0.15, -0.1) is 0 Å². The van der Waals surface area contributed by atoms with E-state index in [1.165, 1.54) is 26.2 Å². The number of amides is 1. The molecule has 29 heavy (non-hydrogen) atoms. The molecule has 0 saturated carbocycles. The fourth-order valence-electron chi connectivity index (χ4n) is 2.63. The lowest BCUT2D eigenvalue weighted by atomic mass is 10.2. The summed E-state index contributed by atoms with van der Waals surface area (Å²) < 4.78 is 20.5. The number of carbonyl (C=O) groups excluding carboxylic acids is 2. The zero-order valence-corrected chi connectivity index (χ0v) is 15.7. The van der Waals surface area contributed by atoms with E-state index >= 15 is 0 Å². The first-order valence-corrected chi connectivity index (χ1v) is 8.58. The first-order valence-electron chi connectivity index (χ1n) is 8.58. The van der Waals surface area contributed by atoms with E-state index in [1.54, 1.807) is 18.2 Å². The monoisotopic (exact) mass is 402 g/mol. The smallest absolute Gasteiger partial charge is 0.338 e. The highest BCUT2D eigenvalue weighted by Gasteiger charge is 2.23. The number of nitrogens with zero attached hydrogens (tertiary/aromatic N) is 1. The van der Waals surface area contributed by atoms with Crippen LogP contribution in [0.1, 0.15) is 22.8 Å². The Labute approximate surface area is 165 Å². The zero-order chi connectivity index (χ0) is 21.0. The van der Waals surface area contributed by atoms with Crippen LogP contribution < -0.4 is 19.5 Å². The number of nitrogens with one attached hydrogen (secondary N) is 1. The minimum atomic E-state index is -1.01. The number of esters is 1. The largest absolute Gasteiger partial charge is 0.474 e. The van der Waals surface area contributed by atoms with Crippen LogP contribution >= 0.6 is 0 Å². The van der Waals surface area contributed by atoms with E-state index in [1.807, 2.05) is 0 Å². The molecular formula is C19H18N2O8. The van der Waals surface area contributed by atoms with E-state index in [0.29, 0.717) is 11.5 Å². The molecule has 0 unspecified atom stereocenters. The van der Waals surface area contributed by atoms with Gasteiger partial charge >= 0.3 is 11.7 Å². The van der Waals surface area contributed by atoms with Crippen LogP contribution in [0, 0.1) is 10.1 Å². The van der Waals surface area contributed by atoms with E-state index in [-0.39, 0.29) is 24.7 Å². The third kappa shape index (κ3) is 4.54. The topological polar surface area (TPSA) is 126 Å². The highest BCUT2D eigenvalue weighted by molar-refractivity contribution is 5.90. The van der Waals surface area contributed by atoms with Gasteiger partial charge in [0.05, 0.1) is 17.6 Å². The second-order valence-corrected chi connectivity index (χ2v) is 6.10. The molecule has 10 heteroatoms. The molecule has 1 atom stereocenters. The Kier molecular flexibility index (Phi) is 5.82. The molecule has 1 aliphatic heterocycles. The standard InChI is InChI=1S/C19H18N2O8/c1-11(18(22)20-9-12-3-5-16-17(7-12)28-10-27-16)29-15-6-4-13(19(23)26-2)8-14(15)21(24)25/h3-8,11H,9-10H2,1-2H3,(H,20,22)/t11-/m1/s1.